The first-order valence-electron chi connectivity index (χ1n) is 7.39. The van der Waals surface area contributed by atoms with Crippen LogP contribution in [0.4, 0.5) is 0 Å². The van der Waals surface area contributed by atoms with Crippen LogP contribution in [0.1, 0.15) is 23.3 Å². The molecule has 2 aromatic rings. The Morgan fingerprint density at radius 1 is 0.636 bits per heavy atom. The highest BCUT2D eigenvalue weighted by Gasteiger charge is 2.08. The zero-order valence-electron chi connectivity index (χ0n) is 12.5. The molecule has 2 atom stereocenters. The van der Waals surface area contributed by atoms with Gasteiger partial charge in [-0.1, -0.05) is 60.7 Å². The Bertz CT molecular complexity index is 466. The van der Waals surface area contributed by atoms with Crippen molar-refractivity contribution < 1.29 is 19.7 Å². The molecule has 0 spiro atoms. The average Bonchev–Trinajstić information content (AvgIpc) is 2.59. The van der Waals surface area contributed by atoms with Crippen LogP contribution in [-0.2, 0) is 9.47 Å². The van der Waals surface area contributed by atoms with Crippen molar-refractivity contribution in [2.75, 3.05) is 26.4 Å². The molecule has 0 aliphatic heterocycles. The molecule has 0 fully saturated rings. The van der Waals surface area contributed by atoms with E-state index in [1.165, 1.54) is 0 Å². The molecule has 0 unspecified atom stereocenters. The molecular weight excluding hydrogens is 280 g/mol. The second-order valence-corrected chi connectivity index (χ2v) is 5.00. The molecule has 2 aromatic carbocycles. The highest BCUT2D eigenvalue weighted by Crippen LogP contribution is 2.13. The number of rotatable bonds is 9. The van der Waals surface area contributed by atoms with E-state index in [4.69, 9.17) is 9.47 Å². The maximum absolute atomic E-state index is 9.91. The van der Waals surface area contributed by atoms with Crippen molar-refractivity contribution in [2.45, 2.75) is 12.2 Å². The van der Waals surface area contributed by atoms with Crippen LogP contribution in [0.3, 0.4) is 0 Å². The van der Waals surface area contributed by atoms with Crippen LogP contribution >= 0.6 is 0 Å². The van der Waals surface area contributed by atoms with Gasteiger partial charge in [0.15, 0.2) is 0 Å². The second kappa shape index (κ2) is 9.33. The number of aliphatic hydroxyl groups is 2. The summed E-state index contributed by atoms with van der Waals surface area (Å²) in [5.74, 6) is 0. The van der Waals surface area contributed by atoms with Crippen LogP contribution in [0.5, 0.6) is 0 Å². The van der Waals surface area contributed by atoms with Crippen molar-refractivity contribution in [1.29, 1.82) is 0 Å². The molecule has 0 aliphatic carbocycles. The first kappa shape index (κ1) is 16.6. The van der Waals surface area contributed by atoms with Gasteiger partial charge in [0.2, 0.25) is 0 Å². The molecule has 2 rings (SSSR count). The lowest BCUT2D eigenvalue weighted by Gasteiger charge is -2.13. The Balaban J connectivity index is 1.56. The summed E-state index contributed by atoms with van der Waals surface area (Å²) in [4.78, 5) is 0. The maximum atomic E-state index is 9.91. The zero-order chi connectivity index (χ0) is 15.6. The third-order valence-corrected chi connectivity index (χ3v) is 3.29. The molecule has 0 bridgehead atoms. The van der Waals surface area contributed by atoms with Crippen LogP contribution in [0, 0.1) is 0 Å². The van der Waals surface area contributed by atoms with Crippen LogP contribution in [0.2, 0.25) is 0 Å². The molecular formula is C18H22O4. The topological polar surface area (TPSA) is 58.9 Å². The first-order valence-corrected chi connectivity index (χ1v) is 7.39. The third kappa shape index (κ3) is 5.58. The summed E-state index contributed by atoms with van der Waals surface area (Å²) in [5.41, 5.74) is 1.67. The standard InChI is InChI=1S/C18H22O4/c19-17(15-7-3-1-4-8-15)13-21-11-12-22-14-18(20)16-9-5-2-6-10-16/h1-10,17-20H,11-14H2/t17-,18-/m1/s1. The first-order chi connectivity index (χ1) is 10.8. The number of benzene rings is 2. The minimum Gasteiger partial charge on any atom is -0.386 e. The minimum atomic E-state index is -0.629. The van der Waals surface area contributed by atoms with E-state index in [-0.39, 0.29) is 13.2 Å². The Labute approximate surface area is 130 Å². The molecule has 0 aromatic heterocycles. The number of aliphatic hydroxyl groups excluding tert-OH is 2. The highest BCUT2D eigenvalue weighted by atomic mass is 16.5. The molecule has 0 radical (unpaired) electrons. The van der Waals surface area contributed by atoms with Crippen LogP contribution < -0.4 is 0 Å². The molecule has 2 N–H and O–H groups in total. The second-order valence-electron chi connectivity index (χ2n) is 5.00. The summed E-state index contributed by atoms with van der Waals surface area (Å²) < 4.78 is 10.8. The Morgan fingerprint density at radius 2 is 1.00 bits per heavy atom. The van der Waals surface area contributed by atoms with Gasteiger partial charge >= 0.3 is 0 Å². The number of hydrogen-bond acceptors (Lipinski definition) is 4. The van der Waals surface area contributed by atoms with Gasteiger partial charge in [-0.3, -0.25) is 0 Å². The van der Waals surface area contributed by atoms with Crippen LogP contribution in [0.15, 0.2) is 60.7 Å². The van der Waals surface area contributed by atoms with Crippen molar-refractivity contribution in [3.63, 3.8) is 0 Å². The fourth-order valence-corrected chi connectivity index (χ4v) is 2.05. The van der Waals surface area contributed by atoms with Gasteiger partial charge in [0.25, 0.3) is 0 Å². The van der Waals surface area contributed by atoms with E-state index in [1.54, 1.807) is 0 Å². The third-order valence-electron chi connectivity index (χ3n) is 3.29. The van der Waals surface area contributed by atoms with E-state index >= 15 is 0 Å². The van der Waals surface area contributed by atoms with Gasteiger partial charge in [0.05, 0.1) is 26.4 Å². The molecule has 4 nitrogen and oxygen atoms in total. The van der Waals surface area contributed by atoms with E-state index in [1.807, 2.05) is 60.7 Å². The number of hydrogen-bond donors (Lipinski definition) is 2. The lowest BCUT2D eigenvalue weighted by Crippen LogP contribution is -2.13. The van der Waals surface area contributed by atoms with Gasteiger partial charge in [-0.05, 0) is 11.1 Å². The SMILES string of the molecule is O[C@H](COCCOC[C@@H](O)c1ccccc1)c1ccccc1. The predicted molar refractivity (Wildman–Crippen MR) is 84.4 cm³/mol. The summed E-state index contributed by atoms with van der Waals surface area (Å²) in [6.45, 7) is 1.22. The van der Waals surface area contributed by atoms with Crippen molar-refractivity contribution in [1.82, 2.24) is 0 Å². The smallest absolute Gasteiger partial charge is 0.102 e. The quantitative estimate of drug-likeness (QED) is 0.699. The largest absolute Gasteiger partial charge is 0.386 e. The summed E-state index contributed by atoms with van der Waals surface area (Å²) in [6, 6.07) is 18.8. The molecule has 22 heavy (non-hydrogen) atoms. The van der Waals surface area contributed by atoms with E-state index in [9.17, 15) is 10.2 Å². The van der Waals surface area contributed by atoms with Crippen molar-refractivity contribution in [2.24, 2.45) is 0 Å². The average molecular weight is 302 g/mol. The van der Waals surface area contributed by atoms with Crippen molar-refractivity contribution in [3.8, 4) is 0 Å². The predicted octanol–water partition coefficient (Wildman–Crippen LogP) is 2.49. The molecule has 0 aliphatic rings. The van der Waals surface area contributed by atoms with E-state index in [2.05, 4.69) is 0 Å². The highest BCUT2D eigenvalue weighted by molar-refractivity contribution is 5.17. The molecule has 0 saturated carbocycles. The molecule has 118 valence electrons. The van der Waals surface area contributed by atoms with Gasteiger partial charge in [-0.25, -0.2) is 0 Å². The fourth-order valence-electron chi connectivity index (χ4n) is 2.05. The van der Waals surface area contributed by atoms with Crippen LogP contribution in [0.25, 0.3) is 0 Å². The summed E-state index contributed by atoms with van der Waals surface area (Å²) in [6.07, 6.45) is -1.26. The van der Waals surface area contributed by atoms with Gasteiger partial charge < -0.3 is 19.7 Å². The Morgan fingerprint density at radius 3 is 1.36 bits per heavy atom. The Kier molecular flexibility index (Phi) is 7.06. The van der Waals surface area contributed by atoms with Crippen molar-refractivity contribution in [3.05, 3.63) is 71.8 Å². The monoisotopic (exact) mass is 302 g/mol. The van der Waals surface area contributed by atoms with Gasteiger partial charge in [0.1, 0.15) is 12.2 Å². The van der Waals surface area contributed by atoms with Gasteiger partial charge in [-0.15, -0.1) is 0 Å². The molecule has 0 amide bonds. The van der Waals surface area contributed by atoms with Crippen LogP contribution in [-0.4, -0.2) is 36.6 Å². The Hall–Kier alpha value is -1.72. The number of ether oxygens (including phenoxy) is 2. The van der Waals surface area contributed by atoms with Crippen molar-refractivity contribution >= 4 is 0 Å². The van der Waals surface area contributed by atoms with E-state index in [0.29, 0.717) is 13.2 Å². The summed E-state index contributed by atoms with van der Waals surface area (Å²) in [5, 5.41) is 19.8. The molecule has 0 heterocycles. The summed E-state index contributed by atoms with van der Waals surface area (Å²) in [7, 11) is 0. The van der Waals surface area contributed by atoms with E-state index in [0.717, 1.165) is 11.1 Å². The summed E-state index contributed by atoms with van der Waals surface area (Å²) >= 11 is 0. The van der Waals surface area contributed by atoms with Gasteiger partial charge in [-0.2, -0.15) is 0 Å². The molecule has 0 saturated heterocycles. The normalized spacial score (nSPS) is 13.7. The molecule has 4 heteroatoms. The lowest BCUT2D eigenvalue weighted by atomic mass is 10.1. The van der Waals surface area contributed by atoms with Gasteiger partial charge in [0, 0.05) is 0 Å². The minimum absolute atomic E-state index is 0.231. The zero-order valence-corrected chi connectivity index (χ0v) is 12.5. The maximum Gasteiger partial charge on any atom is 0.102 e. The van der Waals surface area contributed by atoms with E-state index < -0.39 is 12.2 Å². The fraction of sp³-hybridized carbons (Fsp3) is 0.333. The lowest BCUT2D eigenvalue weighted by molar-refractivity contribution is -0.0178.